The first-order valence-corrected chi connectivity index (χ1v) is 4.37. The first kappa shape index (κ1) is 10.9. The van der Waals surface area contributed by atoms with Crippen molar-refractivity contribution in [1.29, 1.82) is 0 Å². The zero-order valence-corrected chi connectivity index (χ0v) is 7.55. The van der Waals surface area contributed by atoms with Crippen LogP contribution >= 0.6 is 0 Å². The van der Waals surface area contributed by atoms with E-state index in [1.165, 1.54) is 0 Å². The molecule has 1 saturated heterocycles. The molecular weight excluding hydrogens is 176 g/mol. The van der Waals surface area contributed by atoms with Crippen LogP contribution in [0.5, 0.6) is 0 Å². The lowest BCUT2D eigenvalue weighted by Gasteiger charge is -2.28. The van der Waals surface area contributed by atoms with Crippen molar-refractivity contribution in [1.82, 2.24) is 0 Å². The van der Waals surface area contributed by atoms with Crippen molar-refractivity contribution in [3.63, 3.8) is 0 Å². The van der Waals surface area contributed by atoms with Crippen molar-refractivity contribution in [2.75, 3.05) is 13.2 Å². The number of ether oxygens (including phenoxy) is 1. The van der Waals surface area contributed by atoms with Crippen molar-refractivity contribution in [2.45, 2.75) is 37.3 Å². The summed E-state index contributed by atoms with van der Waals surface area (Å²) in [6.45, 7) is 1.02. The third-order valence-corrected chi connectivity index (χ3v) is 2.68. The first-order valence-electron chi connectivity index (χ1n) is 4.37. The summed E-state index contributed by atoms with van der Waals surface area (Å²) in [5.41, 5.74) is -1.12. The SMILES string of the molecule is CC[C@]1(CO)OC(CO)[C@@H](O)C1O. The van der Waals surface area contributed by atoms with Crippen molar-refractivity contribution >= 4 is 0 Å². The minimum Gasteiger partial charge on any atom is -0.394 e. The second kappa shape index (κ2) is 3.89. The molecule has 1 fully saturated rings. The third-order valence-electron chi connectivity index (χ3n) is 2.68. The number of hydrogen-bond acceptors (Lipinski definition) is 5. The number of hydrogen-bond donors (Lipinski definition) is 4. The minimum absolute atomic E-state index is 0.361. The highest BCUT2D eigenvalue weighted by Crippen LogP contribution is 2.33. The van der Waals surface area contributed by atoms with Gasteiger partial charge >= 0.3 is 0 Å². The Bertz CT molecular complexity index is 168. The van der Waals surface area contributed by atoms with Crippen molar-refractivity contribution in [2.24, 2.45) is 0 Å². The van der Waals surface area contributed by atoms with Crippen molar-refractivity contribution in [3.8, 4) is 0 Å². The van der Waals surface area contributed by atoms with Crippen LogP contribution in [-0.2, 0) is 4.74 Å². The fourth-order valence-electron chi connectivity index (χ4n) is 1.64. The summed E-state index contributed by atoms with van der Waals surface area (Å²) in [5, 5.41) is 36.8. The molecule has 1 aliphatic rings. The maximum atomic E-state index is 9.56. The van der Waals surface area contributed by atoms with Crippen LogP contribution < -0.4 is 0 Å². The third kappa shape index (κ3) is 1.58. The molecule has 1 heterocycles. The van der Waals surface area contributed by atoms with Gasteiger partial charge < -0.3 is 25.2 Å². The summed E-state index contributed by atoms with van der Waals surface area (Å²) in [6, 6.07) is 0. The lowest BCUT2D eigenvalue weighted by Crippen LogP contribution is -2.45. The molecule has 0 aliphatic carbocycles. The van der Waals surface area contributed by atoms with Crippen molar-refractivity contribution in [3.05, 3.63) is 0 Å². The zero-order chi connectivity index (χ0) is 10.1. The van der Waals surface area contributed by atoms with E-state index in [0.29, 0.717) is 6.42 Å². The molecule has 0 amide bonds. The van der Waals surface area contributed by atoms with E-state index < -0.39 is 23.9 Å². The van der Waals surface area contributed by atoms with E-state index in [9.17, 15) is 10.2 Å². The van der Waals surface area contributed by atoms with Crippen LogP contribution in [0.2, 0.25) is 0 Å². The summed E-state index contributed by atoms with van der Waals surface area (Å²) < 4.78 is 5.22. The van der Waals surface area contributed by atoms with Gasteiger partial charge in [-0.05, 0) is 6.42 Å². The second-order valence-electron chi connectivity index (χ2n) is 3.35. The average Bonchev–Trinajstić information content (AvgIpc) is 2.42. The smallest absolute Gasteiger partial charge is 0.120 e. The molecule has 4 N–H and O–H groups in total. The molecule has 0 saturated carbocycles. The fraction of sp³-hybridized carbons (Fsp3) is 1.00. The van der Waals surface area contributed by atoms with Gasteiger partial charge in [0.05, 0.1) is 13.2 Å². The Hall–Kier alpha value is -0.200. The van der Waals surface area contributed by atoms with E-state index in [-0.39, 0.29) is 13.2 Å². The Morgan fingerprint density at radius 2 is 1.92 bits per heavy atom. The highest BCUT2D eigenvalue weighted by Gasteiger charge is 2.52. The van der Waals surface area contributed by atoms with E-state index in [4.69, 9.17) is 14.9 Å². The molecule has 5 heteroatoms. The highest BCUT2D eigenvalue weighted by molar-refractivity contribution is 5.00. The summed E-state index contributed by atoms with van der Waals surface area (Å²) >= 11 is 0. The van der Waals surface area contributed by atoms with Gasteiger partial charge in [-0.15, -0.1) is 0 Å². The van der Waals surface area contributed by atoms with Gasteiger partial charge in [-0.3, -0.25) is 0 Å². The predicted molar refractivity (Wildman–Crippen MR) is 44.1 cm³/mol. The quantitative estimate of drug-likeness (QED) is 0.425. The Morgan fingerprint density at radius 1 is 1.31 bits per heavy atom. The van der Waals surface area contributed by atoms with Crippen LogP contribution in [0.1, 0.15) is 13.3 Å². The normalized spacial score (nSPS) is 45.5. The molecule has 0 aromatic heterocycles. The molecule has 4 atom stereocenters. The molecule has 78 valence electrons. The summed E-state index contributed by atoms with van der Waals surface area (Å²) in [7, 11) is 0. The van der Waals surface area contributed by atoms with Crippen LogP contribution in [0, 0.1) is 0 Å². The van der Waals surface area contributed by atoms with Crippen LogP contribution in [0.4, 0.5) is 0 Å². The molecule has 1 rings (SSSR count). The Labute approximate surface area is 76.6 Å². The standard InChI is InChI=1S/C8H16O5/c1-2-8(4-10)7(12)6(11)5(3-9)13-8/h5-7,9-12H,2-4H2,1H3/t5?,6-,7?,8-/m1/s1. The molecule has 2 unspecified atom stereocenters. The van der Waals surface area contributed by atoms with E-state index in [1.54, 1.807) is 6.92 Å². The minimum atomic E-state index is -1.14. The average molecular weight is 192 g/mol. The van der Waals surface area contributed by atoms with Crippen LogP contribution in [0.25, 0.3) is 0 Å². The molecule has 5 nitrogen and oxygen atoms in total. The monoisotopic (exact) mass is 192 g/mol. The van der Waals surface area contributed by atoms with Crippen LogP contribution in [0.3, 0.4) is 0 Å². The highest BCUT2D eigenvalue weighted by atomic mass is 16.6. The topological polar surface area (TPSA) is 90.2 Å². The number of aliphatic hydroxyl groups is 4. The fourth-order valence-corrected chi connectivity index (χ4v) is 1.64. The van der Waals surface area contributed by atoms with Crippen molar-refractivity contribution < 1.29 is 25.2 Å². The Balaban J connectivity index is 2.79. The maximum absolute atomic E-state index is 9.56. The van der Waals surface area contributed by atoms with Gasteiger partial charge in [-0.1, -0.05) is 6.92 Å². The number of rotatable bonds is 3. The van der Waals surface area contributed by atoms with Crippen LogP contribution in [-0.4, -0.2) is 57.6 Å². The van der Waals surface area contributed by atoms with Gasteiger partial charge in [-0.25, -0.2) is 0 Å². The van der Waals surface area contributed by atoms with Gasteiger partial charge in [0.2, 0.25) is 0 Å². The Kier molecular flexibility index (Phi) is 3.26. The van der Waals surface area contributed by atoms with Gasteiger partial charge in [-0.2, -0.15) is 0 Å². The lowest BCUT2D eigenvalue weighted by atomic mass is 9.93. The van der Waals surface area contributed by atoms with Gasteiger partial charge in [0, 0.05) is 0 Å². The van der Waals surface area contributed by atoms with Gasteiger partial charge in [0.15, 0.2) is 0 Å². The van der Waals surface area contributed by atoms with Gasteiger partial charge in [0.1, 0.15) is 23.9 Å². The maximum Gasteiger partial charge on any atom is 0.120 e. The van der Waals surface area contributed by atoms with E-state index >= 15 is 0 Å². The molecule has 0 aromatic rings. The zero-order valence-electron chi connectivity index (χ0n) is 7.55. The predicted octanol–water partition coefficient (Wildman–Crippen LogP) is -1.76. The summed E-state index contributed by atoms with van der Waals surface area (Å²) in [6.07, 6.45) is -2.68. The van der Waals surface area contributed by atoms with Crippen LogP contribution in [0.15, 0.2) is 0 Å². The summed E-state index contributed by atoms with van der Waals surface area (Å²) in [5.74, 6) is 0. The molecule has 0 aromatic carbocycles. The molecule has 0 bridgehead atoms. The van der Waals surface area contributed by atoms with E-state index in [0.717, 1.165) is 0 Å². The van der Waals surface area contributed by atoms with E-state index in [2.05, 4.69) is 0 Å². The largest absolute Gasteiger partial charge is 0.394 e. The Morgan fingerprint density at radius 3 is 2.15 bits per heavy atom. The summed E-state index contributed by atoms with van der Waals surface area (Å²) in [4.78, 5) is 0. The molecule has 13 heavy (non-hydrogen) atoms. The number of aliphatic hydroxyl groups excluding tert-OH is 4. The molecule has 1 aliphatic heterocycles. The molecular formula is C8H16O5. The van der Waals surface area contributed by atoms with Gasteiger partial charge in [0.25, 0.3) is 0 Å². The lowest BCUT2D eigenvalue weighted by molar-refractivity contribution is -0.120. The molecule has 0 spiro atoms. The van der Waals surface area contributed by atoms with E-state index in [1.807, 2.05) is 0 Å². The molecule has 0 radical (unpaired) electrons. The second-order valence-corrected chi connectivity index (χ2v) is 3.35. The first-order chi connectivity index (χ1) is 6.11.